The number of halogens is 4. The molecule has 0 spiro atoms. The Morgan fingerprint density at radius 1 is 0.743 bits per heavy atom. The van der Waals surface area contributed by atoms with Gasteiger partial charge in [-0.1, -0.05) is 73.3 Å². The lowest BCUT2D eigenvalue weighted by Crippen LogP contribution is -2.13. The Bertz CT molecular complexity index is 1270. The Morgan fingerprint density at radius 3 is 2.06 bits per heavy atom. The van der Waals surface area contributed by atoms with Crippen molar-refractivity contribution in [2.45, 2.75) is 37.7 Å². The van der Waals surface area contributed by atoms with E-state index in [1.807, 2.05) is 18.2 Å². The molecular weight excluding hydrogens is 452 g/mol. The van der Waals surface area contributed by atoms with E-state index in [0.717, 1.165) is 18.4 Å². The predicted molar refractivity (Wildman–Crippen MR) is 131 cm³/mol. The minimum absolute atomic E-state index is 0.0710. The predicted octanol–water partition coefficient (Wildman–Crippen LogP) is 8.61. The maximum Gasteiger partial charge on any atom is 0.166 e. The zero-order chi connectivity index (χ0) is 24.5. The number of hydrogen-bond acceptors (Lipinski definition) is 1. The molecule has 2 aliphatic rings. The number of allylic oxidation sites excluding steroid dienone is 1. The van der Waals surface area contributed by atoms with Crippen LogP contribution in [0.5, 0.6) is 0 Å². The largest absolute Gasteiger partial charge is 0.368 e. The van der Waals surface area contributed by atoms with E-state index in [4.69, 9.17) is 4.74 Å². The van der Waals surface area contributed by atoms with E-state index in [1.54, 1.807) is 48.6 Å². The third-order valence-electron chi connectivity index (χ3n) is 7.15. The highest BCUT2D eigenvalue weighted by atomic mass is 19.2. The van der Waals surface area contributed by atoms with Crippen LogP contribution in [-0.4, -0.2) is 6.61 Å². The standard InChI is InChI=1S/C30H26F4O/c1-2-18-3-8-20(9-4-18)23-15-16-24(29(33)28(23)32)21-10-5-19(6-11-21)7-12-22-13-14-25(26-17-35-26)30(34)27(22)31/h2-4,7-9,12-16,19,21,26H,1,5-6,10-11,17H2/b12-7+. The molecule has 180 valence electrons. The van der Waals surface area contributed by atoms with E-state index in [9.17, 15) is 13.2 Å². The molecule has 1 aliphatic heterocycles. The normalized spacial score (nSPS) is 21.9. The first kappa shape index (κ1) is 23.6. The second-order valence-corrected chi connectivity index (χ2v) is 9.32. The summed E-state index contributed by atoms with van der Waals surface area (Å²) >= 11 is 0. The number of epoxide rings is 1. The molecule has 0 amide bonds. The molecule has 0 bridgehead atoms. The molecule has 3 aromatic rings. The van der Waals surface area contributed by atoms with Gasteiger partial charge < -0.3 is 4.74 Å². The number of rotatable bonds is 6. The molecule has 35 heavy (non-hydrogen) atoms. The lowest BCUT2D eigenvalue weighted by atomic mass is 9.78. The van der Waals surface area contributed by atoms with Crippen molar-refractivity contribution >= 4 is 12.2 Å². The number of ether oxygens (including phenoxy) is 1. The maximum atomic E-state index is 15.0. The molecule has 0 radical (unpaired) electrons. The molecule has 0 aromatic heterocycles. The fraction of sp³-hybridized carbons (Fsp3) is 0.267. The van der Waals surface area contributed by atoms with Crippen LogP contribution in [0.3, 0.4) is 0 Å². The van der Waals surface area contributed by atoms with Crippen LogP contribution in [0.25, 0.3) is 23.3 Å². The van der Waals surface area contributed by atoms with E-state index >= 15 is 4.39 Å². The Balaban J connectivity index is 1.25. The van der Waals surface area contributed by atoms with Crippen LogP contribution in [0.2, 0.25) is 0 Å². The molecule has 1 saturated heterocycles. The molecule has 1 nitrogen and oxygen atoms in total. The Hall–Kier alpha value is -3.18. The van der Waals surface area contributed by atoms with Gasteiger partial charge in [0.05, 0.1) is 6.61 Å². The lowest BCUT2D eigenvalue weighted by Gasteiger charge is -2.27. The average molecular weight is 479 g/mol. The van der Waals surface area contributed by atoms with Crippen molar-refractivity contribution in [2.75, 3.05) is 6.61 Å². The van der Waals surface area contributed by atoms with Gasteiger partial charge in [-0.25, -0.2) is 17.6 Å². The average Bonchev–Trinajstić information content (AvgIpc) is 3.72. The summed E-state index contributed by atoms with van der Waals surface area (Å²) in [4.78, 5) is 0. The van der Waals surface area contributed by atoms with E-state index in [0.29, 0.717) is 30.6 Å². The van der Waals surface area contributed by atoms with Crippen molar-refractivity contribution < 1.29 is 22.3 Å². The summed E-state index contributed by atoms with van der Waals surface area (Å²) in [5.74, 6) is -3.22. The highest BCUT2D eigenvalue weighted by Gasteiger charge is 2.30. The van der Waals surface area contributed by atoms with Gasteiger partial charge in [0.25, 0.3) is 0 Å². The molecule has 5 heteroatoms. The molecule has 1 atom stereocenters. The molecule has 3 aromatic carbocycles. The topological polar surface area (TPSA) is 12.5 Å². The Kier molecular flexibility index (Phi) is 6.61. The highest BCUT2D eigenvalue weighted by molar-refractivity contribution is 5.66. The number of benzene rings is 3. The quantitative estimate of drug-likeness (QED) is 0.255. The summed E-state index contributed by atoms with van der Waals surface area (Å²) in [5, 5.41) is 0. The van der Waals surface area contributed by atoms with Gasteiger partial charge in [-0.15, -0.1) is 0 Å². The summed E-state index contributed by atoms with van der Waals surface area (Å²) in [6.45, 7) is 4.13. The SMILES string of the molecule is C=Cc1ccc(-c2ccc(C3CCC(/C=C/c4ccc(C5CO5)c(F)c4F)CC3)c(F)c2F)cc1. The van der Waals surface area contributed by atoms with Crippen LogP contribution >= 0.6 is 0 Å². The van der Waals surface area contributed by atoms with Crippen LogP contribution in [-0.2, 0) is 4.74 Å². The minimum Gasteiger partial charge on any atom is -0.368 e. The first-order valence-electron chi connectivity index (χ1n) is 11.9. The van der Waals surface area contributed by atoms with Gasteiger partial charge >= 0.3 is 0 Å². The van der Waals surface area contributed by atoms with Crippen molar-refractivity contribution in [3.05, 3.63) is 107 Å². The first-order chi connectivity index (χ1) is 17.0. The third-order valence-corrected chi connectivity index (χ3v) is 7.15. The zero-order valence-electron chi connectivity index (χ0n) is 19.2. The van der Waals surface area contributed by atoms with Gasteiger partial charge in [0.15, 0.2) is 23.3 Å². The summed E-state index contributed by atoms with van der Waals surface area (Å²) in [6, 6.07) is 13.6. The molecule has 1 aliphatic carbocycles. The van der Waals surface area contributed by atoms with Gasteiger partial charge in [0, 0.05) is 16.7 Å². The van der Waals surface area contributed by atoms with Crippen molar-refractivity contribution in [2.24, 2.45) is 5.92 Å². The van der Waals surface area contributed by atoms with E-state index < -0.39 is 23.3 Å². The maximum absolute atomic E-state index is 15.0. The Morgan fingerprint density at radius 2 is 1.40 bits per heavy atom. The summed E-state index contributed by atoms with van der Waals surface area (Å²) in [7, 11) is 0. The molecule has 1 heterocycles. The molecule has 1 saturated carbocycles. The summed E-state index contributed by atoms with van der Waals surface area (Å²) in [5.41, 5.74) is 2.64. The monoisotopic (exact) mass is 478 g/mol. The first-order valence-corrected chi connectivity index (χ1v) is 11.9. The molecule has 2 fully saturated rings. The zero-order valence-corrected chi connectivity index (χ0v) is 19.2. The summed E-state index contributed by atoms with van der Waals surface area (Å²) in [6.07, 6.45) is 7.82. The van der Waals surface area contributed by atoms with Crippen molar-refractivity contribution in [3.63, 3.8) is 0 Å². The van der Waals surface area contributed by atoms with Gasteiger partial charge in [-0.2, -0.15) is 0 Å². The van der Waals surface area contributed by atoms with E-state index in [2.05, 4.69) is 6.58 Å². The van der Waals surface area contributed by atoms with Crippen molar-refractivity contribution in [1.82, 2.24) is 0 Å². The van der Waals surface area contributed by atoms with Crippen LogP contribution in [0.4, 0.5) is 17.6 Å². The van der Waals surface area contributed by atoms with Crippen LogP contribution in [0.15, 0.2) is 61.2 Å². The van der Waals surface area contributed by atoms with Crippen molar-refractivity contribution in [3.8, 4) is 11.1 Å². The fourth-order valence-electron chi connectivity index (χ4n) is 4.95. The molecular formula is C30H26F4O. The molecule has 1 unspecified atom stereocenters. The minimum atomic E-state index is -0.861. The van der Waals surface area contributed by atoms with Crippen LogP contribution in [0.1, 0.15) is 60.0 Å². The van der Waals surface area contributed by atoms with Gasteiger partial charge in [-0.05, 0) is 54.2 Å². The van der Waals surface area contributed by atoms with Crippen molar-refractivity contribution in [1.29, 1.82) is 0 Å². The van der Waals surface area contributed by atoms with Gasteiger partial charge in [0.2, 0.25) is 0 Å². The van der Waals surface area contributed by atoms with Crippen LogP contribution in [0, 0.1) is 29.2 Å². The number of hydrogen-bond donors (Lipinski definition) is 0. The van der Waals surface area contributed by atoms with E-state index in [1.165, 1.54) is 0 Å². The fourth-order valence-corrected chi connectivity index (χ4v) is 4.95. The second-order valence-electron chi connectivity index (χ2n) is 9.32. The summed E-state index contributed by atoms with van der Waals surface area (Å²) < 4.78 is 63.7. The molecule has 0 N–H and O–H groups in total. The van der Waals surface area contributed by atoms with Crippen LogP contribution < -0.4 is 0 Å². The van der Waals surface area contributed by atoms with E-state index in [-0.39, 0.29) is 34.6 Å². The highest BCUT2D eigenvalue weighted by Crippen LogP contribution is 2.40. The lowest BCUT2D eigenvalue weighted by molar-refractivity contribution is 0.365. The second kappa shape index (κ2) is 9.82. The molecule has 5 rings (SSSR count). The van der Waals surface area contributed by atoms with Gasteiger partial charge in [-0.3, -0.25) is 0 Å². The van der Waals surface area contributed by atoms with Gasteiger partial charge in [0.1, 0.15) is 6.10 Å². The third kappa shape index (κ3) is 4.83. The smallest absolute Gasteiger partial charge is 0.166 e. The Labute approximate surface area is 202 Å².